The zero-order valence-corrected chi connectivity index (χ0v) is 9.62. The molecule has 0 aliphatic carbocycles. The summed E-state index contributed by atoms with van der Waals surface area (Å²) < 4.78 is 2.84. The minimum atomic E-state index is 0.270. The van der Waals surface area contributed by atoms with Crippen LogP contribution >= 0.6 is 15.9 Å². The van der Waals surface area contributed by atoms with Gasteiger partial charge < -0.3 is 9.67 Å². The van der Waals surface area contributed by atoms with Crippen molar-refractivity contribution >= 4 is 27.0 Å². The van der Waals surface area contributed by atoms with E-state index in [1.54, 1.807) is 12.1 Å². The summed E-state index contributed by atoms with van der Waals surface area (Å²) in [5, 5.41) is 9.39. The normalized spacial score (nSPS) is 11.4. The predicted octanol–water partition coefficient (Wildman–Crippen LogP) is 3.09. The summed E-state index contributed by atoms with van der Waals surface area (Å²) in [4.78, 5) is 4.34. The number of nitrogens with zero attached hydrogens (tertiary/aromatic N) is 2. The summed E-state index contributed by atoms with van der Waals surface area (Å²) >= 11 is 3.40. The molecule has 1 N–H and O–H groups in total. The number of aromatic nitrogens is 2. The Morgan fingerprint density at radius 2 is 2.14 bits per heavy atom. The number of phenolic OH excluding ortho intramolecular Hbond substituents is 1. The summed E-state index contributed by atoms with van der Waals surface area (Å²) in [5.74, 6) is 0.270. The van der Waals surface area contributed by atoms with Gasteiger partial charge in [0.15, 0.2) is 4.73 Å². The Kier molecular flexibility index (Phi) is 2.23. The first-order valence-electron chi connectivity index (χ1n) is 4.46. The molecule has 0 saturated carbocycles. The fourth-order valence-electron chi connectivity index (χ4n) is 1.54. The smallest absolute Gasteiger partial charge is 0.178 e. The van der Waals surface area contributed by atoms with Gasteiger partial charge in [-0.3, -0.25) is 0 Å². The molecule has 0 fully saturated rings. The fourth-order valence-corrected chi connectivity index (χ4v) is 2.33. The third kappa shape index (κ3) is 1.39. The van der Waals surface area contributed by atoms with Gasteiger partial charge in [0, 0.05) is 12.1 Å². The number of benzene rings is 1. The number of hydrogen-bond donors (Lipinski definition) is 1. The number of aromatic hydroxyl groups is 1. The van der Waals surface area contributed by atoms with Crippen molar-refractivity contribution in [3.63, 3.8) is 0 Å². The summed E-state index contributed by atoms with van der Waals surface area (Å²) in [7, 11) is 0. The topological polar surface area (TPSA) is 38.0 Å². The summed E-state index contributed by atoms with van der Waals surface area (Å²) in [6.07, 6.45) is 0. The molecule has 4 heteroatoms. The molecule has 2 aromatic rings. The van der Waals surface area contributed by atoms with Crippen LogP contribution in [0.1, 0.15) is 19.9 Å². The van der Waals surface area contributed by atoms with E-state index in [1.807, 2.05) is 10.6 Å². The Morgan fingerprint density at radius 3 is 2.79 bits per heavy atom. The van der Waals surface area contributed by atoms with Crippen molar-refractivity contribution in [3.05, 3.63) is 22.9 Å². The maximum absolute atomic E-state index is 9.39. The van der Waals surface area contributed by atoms with Crippen LogP contribution in [0.25, 0.3) is 11.0 Å². The van der Waals surface area contributed by atoms with Crippen molar-refractivity contribution in [2.75, 3.05) is 0 Å². The monoisotopic (exact) mass is 254 g/mol. The first kappa shape index (κ1) is 9.52. The van der Waals surface area contributed by atoms with Crippen LogP contribution < -0.4 is 0 Å². The number of fused-ring (bicyclic) bond motifs is 1. The molecule has 1 heterocycles. The molecule has 74 valence electrons. The Balaban J connectivity index is 2.79. The third-order valence-corrected chi connectivity index (χ3v) is 2.71. The van der Waals surface area contributed by atoms with E-state index in [0.29, 0.717) is 6.04 Å². The van der Waals surface area contributed by atoms with Crippen LogP contribution in [-0.2, 0) is 0 Å². The van der Waals surface area contributed by atoms with Crippen molar-refractivity contribution in [1.82, 2.24) is 9.55 Å². The van der Waals surface area contributed by atoms with Crippen molar-refractivity contribution in [3.8, 4) is 5.75 Å². The molecular formula is C10H11BrN2O. The average molecular weight is 255 g/mol. The van der Waals surface area contributed by atoms with Crippen molar-refractivity contribution in [2.24, 2.45) is 0 Å². The van der Waals surface area contributed by atoms with Crippen LogP contribution in [0.3, 0.4) is 0 Å². The van der Waals surface area contributed by atoms with Crippen LogP contribution in [0.5, 0.6) is 5.75 Å². The molecule has 0 spiro atoms. The standard InChI is InChI=1S/C10H11BrN2O/c1-6(2)13-9-5-7(14)3-4-8(9)12-10(13)11/h3-6,14H,1-2H3. The molecule has 0 radical (unpaired) electrons. The molecule has 0 aliphatic rings. The molecular weight excluding hydrogens is 244 g/mol. The molecule has 1 aromatic heterocycles. The van der Waals surface area contributed by atoms with Gasteiger partial charge in [0.2, 0.25) is 0 Å². The van der Waals surface area contributed by atoms with E-state index >= 15 is 0 Å². The Hall–Kier alpha value is -1.03. The molecule has 0 amide bonds. The SMILES string of the molecule is CC(C)n1c(Br)nc2ccc(O)cc21. The van der Waals surface area contributed by atoms with Gasteiger partial charge in [-0.15, -0.1) is 0 Å². The highest BCUT2D eigenvalue weighted by Gasteiger charge is 2.10. The zero-order chi connectivity index (χ0) is 10.3. The van der Waals surface area contributed by atoms with Gasteiger partial charge in [-0.05, 0) is 41.9 Å². The van der Waals surface area contributed by atoms with E-state index in [2.05, 4.69) is 34.8 Å². The second-order valence-corrected chi connectivity index (χ2v) is 4.23. The molecule has 3 nitrogen and oxygen atoms in total. The second-order valence-electron chi connectivity index (χ2n) is 3.52. The lowest BCUT2D eigenvalue weighted by Gasteiger charge is -2.09. The van der Waals surface area contributed by atoms with Gasteiger partial charge in [0.05, 0.1) is 11.0 Å². The molecule has 2 rings (SSSR count). The predicted molar refractivity (Wildman–Crippen MR) is 59.5 cm³/mol. The van der Waals surface area contributed by atoms with Gasteiger partial charge in [-0.1, -0.05) is 0 Å². The largest absolute Gasteiger partial charge is 0.508 e. The van der Waals surface area contributed by atoms with E-state index in [4.69, 9.17) is 0 Å². The highest BCUT2D eigenvalue weighted by atomic mass is 79.9. The van der Waals surface area contributed by atoms with Crippen molar-refractivity contribution < 1.29 is 5.11 Å². The number of imidazole rings is 1. The lowest BCUT2D eigenvalue weighted by Crippen LogP contribution is -2.00. The average Bonchev–Trinajstić information content (AvgIpc) is 2.40. The van der Waals surface area contributed by atoms with E-state index in [-0.39, 0.29) is 5.75 Å². The van der Waals surface area contributed by atoms with Gasteiger partial charge in [-0.25, -0.2) is 4.98 Å². The lowest BCUT2D eigenvalue weighted by atomic mass is 10.3. The third-order valence-electron chi connectivity index (χ3n) is 2.15. The van der Waals surface area contributed by atoms with Crippen molar-refractivity contribution in [2.45, 2.75) is 19.9 Å². The number of phenols is 1. The van der Waals surface area contributed by atoms with E-state index in [9.17, 15) is 5.11 Å². The summed E-state index contributed by atoms with van der Waals surface area (Å²) in [6, 6.07) is 5.50. The maximum atomic E-state index is 9.39. The zero-order valence-electron chi connectivity index (χ0n) is 8.03. The minimum Gasteiger partial charge on any atom is -0.508 e. The number of rotatable bonds is 1. The maximum Gasteiger partial charge on any atom is 0.178 e. The molecule has 0 aliphatic heterocycles. The van der Waals surface area contributed by atoms with E-state index in [0.717, 1.165) is 15.8 Å². The van der Waals surface area contributed by atoms with Gasteiger partial charge in [-0.2, -0.15) is 0 Å². The highest BCUT2D eigenvalue weighted by molar-refractivity contribution is 9.10. The first-order chi connectivity index (χ1) is 6.59. The Morgan fingerprint density at radius 1 is 1.43 bits per heavy atom. The minimum absolute atomic E-state index is 0.270. The lowest BCUT2D eigenvalue weighted by molar-refractivity contribution is 0.475. The van der Waals surface area contributed by atoms with Gasteiger partial charge in [0.25, 0.3) is 0 Å². The molecule has 0 unspecified atom stereocenters. The van der Waals surface area contributed by atoms with Crippen LogP contribution in [-0.4, -0.2) is 14.7 Å². The number of halogens is 1. The first-order valence-corrected chi connectivity index (χ1v) is 5.25. The van der Waals surface area contributed by atoms with E-state index in [1.165, 1.54) is 0 Å². The molecule has 0 saturated heterocycles. The number of hydrogen-bond acceptors (Lipinski definition) is 2. The molecule has 1 aromatic carbocycles. The van der Waals surface area contributed by atoms with Crippen molar-refractivity contribution in [1.29, 1.82) is 0 Å². The van der Waals surface area contributed by atoms with Crippen LogP contribution in [0, 0.1) is 0 Å². The summed E-state index contributed by atoms with van der Waals surface area (Å²) in [5.41, 5.74) is 1.84. The molecule has 14 heavy (non-hydrogen) atoms. The summed E-state index contributed by atoms with van der Waals surface area (Å²) in [6.45, 7) is 4.16. The van der Waals surface area contributed by atoms with Crippen LogP contribution in [0.15, 0.2) is 22.9 Å². The van der Waals surface area contributed by atoms with Crippen LogP contribution in [0.4, 0.5) is 0 Å². The quantitative estimate of drug-likeness (QED) is 0.850. The fraction of sp³-hybridized carbons (Fsp3) is 0.300. The van der Waals surface area contributed by atoms with Gasteiger partial charge in [0.1, 0.15) is 5.75 Å². The Bertz CT molecular complexity index is 476. The van der Waals surface area contributed by atoms with Crippen LogP contribution in [0.2, 0.25) is 0 Å². The highest BCUT2D eigenvalue weighted by Crippen LogP contribution is 2.26. The molecule has 0 atom stereocenters. The second kappa shape index (κ2) is 3.28. The molecule has 0 bridgehead atoms. The van der Waals surface area contributed by atoms with E-state index < -0.39 is 0 Å². The Labute approximate surface area is 90.5 Å². The van der Waals surface area contributed by atoms with Gasteiger partial charge >= 0.3 is 0 Å².